The number of nitrogens with zero attached hydrogens (tertiary/aromatic N) is 1. The van der Waals surface area contributed by atoms with E-state index >= 15 is 0 Å². The van der Waals surface area contributed by atoms with Gasteiger partial charge in [-0.3, -0.25) is 4.98 Å². The number of nitrogen functional groups attached to an aromatic ring is 1. The van der Waals surface area contributed by atoms with Gasteiger partial charge in [-0.25, -0.2) is 0 Å². The van der Waals surface area contributed by atoms with Crippen LogP contribution in [0.4, 0.5) is 11.4 Å². The first-order valence-electron chi connectivity index (χ1n) is 7.90. The van der Waals surface area contributed by atoms with Crippen LogP contribution in [0.15, 0.2) is 30.5 Å². The second-order valence-corrected chi connectivity index (χ2v) is 6.58. The van der Waals surface area contributed by atoms with Gasteiger partial charge in [0.1, 0.15) is 0 Å². The summed E-state index contributed by atoms with van der Waals surface area (Å²) in [4.78, 5) is 4.38. The van der Waals surface area contributed by atoms with Crippen molar-refractivity contribution in [2.24, 2.45) is 5.41 Å². The van der Waals surface area contributed by atoms with Gasteiger partial charge < -0.3 is 11.1 Å². The molecule has 0 radical (unpaired) electrons. The minimum absolute atomic E-state index is 0.297. The Morgan fingerprint density at radius 1 is 1.19 bits per heavy atom. The lowest BCUT2D eigenvalue weighted by Gasteiger charge is -2.26. The number of pyridine rings is 1. The predicted octanol–water partition coefficient (Wildman–Crippen LogP) is 4.84. The van der Waals surface area contributed by atoms with Gasteiger partial charge in [-0.05, 0) is 24.0 Å². The zero-order valence-corrected chi connectivity index (χ0v) is 13.4. The zero-order valence-electron chi connectivity index (χ0n) is 13.4. The van der Waals surface area contributed by atoms with Crippen LogP contribution >= 0.6 is 0 Å². The fourth-order valence-electron chi connectivity index (χ4n) is 2.63. The van der Waals surface area contributed by atoms with E-state index in [1.165, 1.54) is 25.7 Å². The Kier molecular flexibility index (Phi) is 5.05. The number of anilines is 2. The molecule has 0 aliphatic rings. The lowest BCUT2D eigenvalue weighted by molar-refractivity contribution is 0.342. The molecule has 0 aliphatic carbocycles. The molecule has 3 N–H and O–H groups in total. The van der Waals surface area contributed by atoms with Gasteiger partial charge >= 0.3 is 0 Å². The van der Waals surface area contributed by atoms with Crippen LogP contribution in [0.2, 0.25) is 0 Å². The van der Waals surface area contributed by atoms with Crippen LogP contribution in [0.5, 0.6) is 0 Å². The molecule has 0 atom stereocenters. The van der Waals surface area contributed by atoms with E-state index in [1.807, 2.05) is 24.4 Å². The molecule has 1 aromatic carbocycles. The molecule has 2 aromatic rings. The monoisotopic (exact) mass is 285 g/mol. The standard InChI is InChI=1S/C18H27N3/c1-4-5-6-11-18(2,3)13-21-16-10-12-20-17-14(16)8-7-9-15(17)19/h7-10,12H,4-6,11,13,19H2,1-3H3,(H,20,21). The highest BCUT2D eigenvalue weighted by atomic mass is 14.9. The quantitative estimate of drug-likeness (QED) is 0.565. The van der Waals surface area contributed by atoms with Crippen molar-refractivity contribution >= 4 is 22.3 Å². The second-order valence-electron chi connectivity index (χ2n) is 6.58. The Morgan fingerprint density at radius 3 is 2.76 bits per heavy atom. The molecule has 0 unspecified atom stereocenters. The SMILES string of the molecule is CCCCCC(C)(C)CNc1ccnc2c(N)cccc12. The third-order valence-corrected chi connectivity index (χ3v) is 4.02. The highest BCUT2D eigenvalue weighted by Crippen LogP contribution is 2.28. The van der Waals surface area contributed by atoms with Gasteiger partial charge in [0.05, 0.1) is 11.2 Å². The maximum Gasteiger partial charge on any atom is 0.0951 e. The van der Waals surface area contributed by atoms with Crippen molar-refractivity contribution in [1.29, 1.82) is 0 Å². The van der Waals surface area contributed by atoms with E-state index in [0.717, 1.165) is 28.8 Å². The number of nitrogens with two attached hydrogens (primary N) is 1. The summed E-state index contributed by atoms with van der Waals surface area (Å²) in [7, 11) is 0. The summed E-state index contributed by atoms with van der Waals surface area (Å²) < 4.78 is 0. The first-order chi connectivity index (χ1) is 10.0. The summed E-state index contributed by atoms with van der Waals surface area (Å²) >= 11 is 0. The van der Waals surface area contributed by atoms with Crippen LogP contribution < -0.4 is 11.1 Å². The van der Waals surface area contributed by atoms with Crippen molar-refractivity contribution in [2.45, 2.75) is 46.5 Å². The molecule has 0 fully saturated rings. The molecule has 0 bridgehead atoms. The van der Waals surface area contributed by atoms with Gasteiger partial charge in [-0.2, -0.15) is 0 Å². The molecule has 0 spiro atoms. The Balaban J connectivity index is 2.08. The number of unbranched alkanes of at least 4 members (excludes halogenated alkanes) is 2. The molecule has 0 saturated carbocycles. The van der Waals surface area contributed by atoms with Crippen molar-refractivity contribution in [2.75, 3.05) is 17.6 Å². The van der Waals surface area contributed by atoms with Crippen molar-refractivity contribution in [3.8, 4) is 0 Å². The van der Waals surface area contributed by atoms with E-state index in [1.54, 1.807) is 0 Å². The fraction of sp³-hybridized carbons (Fsp3) is 0.500. The van der Waals surface area contributed by atoms with Crippen LogP contribution in [-0.4, -0.2) is 11.5 Å². The van der Waals surface area contributed by atoms with Crippen molar-refractivity contribution in [1.82, 2.24) is 4.98 Å². The van der Waals surface area contributed by atoms with Crippen LogP contribution in [0.3, 0.4) is 0 Å². The van der Waals surface area contributed by atoms with Gasteiger partial charge in [-0.15, -0.1) is 0 Å². The zero-order chi connectivity index (χ0) is 15.3. The predicted molar refractivity (Wildman–Crippen MR) is 92.6 cm³/mol. The number of aromatic nitrogens is 1. The molecule has 0 amide bonds. The van der Waals surface area contributed by atoms with Gasteiger partial charge in [0.2, 0.25) is 0 Å². The smallest absolute Gasteiger partial charge is 0.0951 e. The molecule has 2 rings (SSSR count). The number of nitrogens with one attached hydrogen (secondary N) is 1. The van der Waals surface area contributed by atoms with E-state index in [0.29, 0.717) is 5.41 Å². The Morgan fingerprint density at radius 2 is 2.00 bits per heavy atom. The molecule has 21 heavy (non-hydrogen) atoms. The van der Waals surface area contributed by atoms with Crippen LogP contribution in [0, 0.1) is 5.41 Å². The molecule has 0 saturated heterocycles. The minimum atomic E-state index is 0.297. The van der Waals surface area contributed by atoms with Gasteiger partial charge in [-0.1, -0.05) is 52.2 Å². The largest absolute Gasteiger partial charge is 0.397 e. The summed E-state index contributed by atoms with van der Waals surface area (Å²) in [5.41, 5.74) is 9.03. The molecule has 0 aliphatic heterocycles. The minimum Gasteiger partial charge on any atom is -0.397 e. The summed E-state index contributed by atoms with van der Waals surface area (Å²) in [6.07, 6.45) is 6.97. The Bertz CT molecular complexity index is 590. The lowest BCUT2D eigenvalue weighted by Crippen LogP contribution is -2.23. The molecular formula is C18H27N3. The number of rotatable bonds is 7. The first-order valence-corrected chi connectivity index (χ1v) is 7.90. The van der Waals surface area contributed by atoms with Crippen molar-refractivity contribution in [3.05, 3.63) is 30.5 Å². The summed E-state index contributed by atoms with van der Waals surface area (Å²) in [6, 6.07) is 7.99. The van der Waals surface area contributed by atoms with Crippen molar-refractivity contribution < 1.29 is 0 Å². The molecular weight excluding hydrogens is 258 g/mol. The number of para-hydroxylation sites is 1. The van der Waals surface area contributed by atoms with Crippen LogP contribution in [0.25, 0.3) is 10.9 Å². The third-order valence-electron chi connectivity index (χ3n) is 4.02. The van der Waals surface area contributed by atoms with E-state index in [-0.39, 0.29) is 0 Å². The van der Waals surface area contributed by atoms with E-state index < -0.39 is 0 Å². The molecule has 1 heterocycles. The highest BCUT2D eigenvalue weighted by Gasteiger charge is 2.17. The number of hydrogen-bond acceptors (Lipinski definition) is 3. The highest BCUT2D eigenvalue weighted by molar-refractivity contribution is 5.97. The molecule has 3 heteroatoms. The number of fused-ring (bicyclic) bond motifs is 1. The van der Waals surface area contributed by atoms with E-state index in [2.05, 4.69) is 37.1 Å². The maximum atomic E-state index is 6.00. The molecule has 3 nitrogen and oxygen atoms in total. The van der Waals surface area contributed by atoms with Crippen molar-refractivity contribution in [3.63, 3.8) is 0 Å². The normalized spacial score (nSPS) is 11.8. The van der Waals surface area contributed by atoms with E-state index in [4.69, 9.17) is 5.73 Å². The number of hydrogen-bond donors (Lipinski definition) is 2. The van der Waals surface area contributed by atoms with Crippen LogP contribution in [-0.2, 0) is 0 Å². The van der Waals surface area contributed by atoms with Gasteiger partial charge in [0.25, 0.3) is 0 Å². The molecule has 114 valence electrons. The fourth-order valence-corrected chi connectivity index (χ4v) is 2.63. The van der Waals surface area contributed by atoms with Gasteiger partial charge in [0, 0.05) is 23.8 Å². The van der Waals surface area contributed by atoms with E-state index in [9.17, 15) is 0 Å². The van der Waals surface area contributed by atoms with Gasteiger partial charge in [0.15, 0.2) is 0 Å². The summed E-state index contributed by atoms with van der Waals surface area (Å²) in [6.45, 7) is 7.87. The average molecular weight is 285 g/mol. The topological polar surface area (TPSA) is 50.9 Å². The maximum absolute atomic E-state index is 6.00. The Labute approximate surface area is 128 Å². The first kappa shape index (κ1) is 15.6. The summed E-state index contributed by atoms with van der Waals surface area (Å²) in [5.74, 6) is 0. The average Bonchev–Trinajstić information content (AvgIpc) is 2.46. The lowest BCUT2D eigenvalue weighted by atomic mass is 9.87. The second kappa shape index (κ2) is 6.79. The third kappa shape index (κ3) is 4.10. The Hall–Kier alpha value is -1.77. The number of benzene rings is 1. The summed E-state index contributed by atoms with van der Waals surface area (Å²) in [5, 5.41) is 4.69. The molecule has 1 aromatic heterocycles. The van der Waals surface area contributed by atoms with Crippen LogP contribution in [0.1, 0.15) is 46.5 Å².